The first-order valence-electron chi connectivity index (χ1n) is 10.5. The molecule has 0 spiro atoms. The minimum absolute atomic E-state index is 0.0934. The first-order chi connectivity index (χ1) is 16.7. The number of hydrogen-bond donors (Lipinski definition) is 1. The maximum absolute atomic E-state index is 11.8. The summed E-state index contributed by atoms with van der Waals surface area (Å²) < 4.78 is 31.4. The number of carbonyl (C=O) groups excluding carboxylic acids is 1. The fraction of sp³-hybridized carbons (Fsp3) is 0.154. The van der Waals surface area contributed by atoms with Crippen LogP contribution in [0, 0.1) is 6.92 Å². The largest absolute Gasteiger partial charge is 0.496 e. The first-order valence-corrected chi connectivity index (χ1v) is 11.6. The van der Waals surface area contributed by atoms with Gasteiger partial charge in [-0.1, -0.05) is 46.3 Å². The van der Waals surface area contributed by atoms with Gasteiger partial charge in [0.25, 0.3) is 5.91 Å². The molecular formula is C26H24N2O6S. The molecule has 180 valence electrons. The molecule has 1 aromatic heterocycles. The Morgan fingerprint density at radius 1 is 0.971 bits per heavy atom. The highest BCUT2D eigenvalue weighted by atomic mass is 32.2. The van der Waals surface area contributed by atoms with Gasteiger partial charge >= 0.3 is 16.5 Å². The van der Waals surface area contributed by atoms with Crippen molar-refractivity contribution in [1.29, 1.82) is 0 Å². The average molecular weight is 493 g/mol. The SMILES string of the molecule is COc1cc(C(=O)N=S(=O)=O)ccc1Cc1cn(C)c2ccc(C(=O)O)cc12.Cc1ccccc1. The minimum atomic E-state index is -2.83. The maximum Gasteiger partial charge on any atom is 0.335 e. The topological polar surface area (TPSA) is 115 Å². The van der Waals surface area contributed by atoms with Gasteiger partial charge < -0.3 is 14.4 Å². The van der Waals surface area contributed by atoms with E-state index in [1.807, 2.05) is 36.0 Å². The summed E-state index contributed by atoms with van der Waals surface area (Å²) in [5.74, 6) is -1.48. The van der Waals surface area contributed by atoms with Crippen LogP contribution in [-0.2, 0) is 24.0 Å². The van der Waals surface area contributed by atoms with Crippen LogP contribution in [0.15, 0.2) is 77.3 Å². The number of amides is 1. The number of fused-ring (bicyclic) bond motifs is 1. The Morgan fingerprint density at radius 2 is 1.66 bits per heavy atom. The van der Waals surface area contributed by atoms with E-state index in [-0.39, 0.29) is 11.1 Å². The quantitative estimate of drug-likeness (QED) is 0.433. The molecule has 0 radical (unpaired) electrons. The number of hydrogen-bond acceptors (Lipinski definition) is 5. The summed E-state index contributed by atoms with van der Waals surface area (Å²) in [7, 11) is 0.490. The van der Waals surface area contributed by atoms with Crippen molar-refractivity contribution in [1.82, 2.24) is 4.57 Å². The number of carbonyl (C=O) groups is 2. The third-order valence-corrected chi connectivity index (χ3v) is 5.65. The van der Waals surface area contributed by atoms with E-state index in [1.165, 1.54) is 24.8 Å². The standard InChI is InChI=1S/C19H16N2O6S.C7H8/c1-21-10-14(15-8-13(19(23)24)5-6-16(15)21)7-11-3-4-12(9-17(11)27-2)18(22)20-28(25)26;1-7-5-3-2-4-6-7/h3-6,8-10H,7H2,1-2H3,(H,23,24);2-6H,1H3. The van der Waals surface area contributed by atoms with E-state index in [0.29, 0.717) is 12.2 Å². The van der Waals surface area contributed by atoms with Crippen LogP contribution in [0.3, 0.4) is 0 Å². The Bertz CT molecular complexity index is 1510. The summed E-state index contributed by atoms with van der Waals surface area (Å²) in [5, 5.41) is 10.1. The van der Waals surface area contributed by atoms with Crippen LogP contribution in [0.1, 0.15) is 37.4 Å². The zero-order valence-corrected chi connectivity index (χ0v) is 20.2. The van der Waals surface area contributed by atoms with Gasteiger partial charge in [-0.05, 0) is 48.4 Å². The van der Waals surface area contributed by atoms with Gasteiger partial charge in [0.2, 0.25) is 0 Å². The molecule has 0 aliphatic carbocycles. The van der Waals surface area contributed by atoms with Crippen molar-refractivity contribution in [3.05, 3.63) is 101 Å². The molecule has 0 aliphatic rings. The second-order valence-electron chi connectivity index (χ2n) is 7.77. The summed E-state index contributed by atoms with van der Waals surface area (Å²) in [6.45, 7) is 2.08. The highest BCUT2D eigenvalue weighted by Crippen LogP contribution is 2.29. The fourth-order valence-electron chi connectivity index (χ4n) is 3.63. The maximum atomic E-state index is 11.8. The number of ether oxygens (including phenoxy) is 1. The number of aromatic nitrogens is 1. The fourth-order valence-corrected chi connectivity index (χ4v) is 3.87. The molecule has 1 N–H and O–H groups in total. The van der Waals surface area contributed by atoms with E-state index in [4.69, 9.17) is 4.74 Å². The molecule has 1 amide bonds. The van der Waals surface area contributed by atoms with Gasteiger partial charge in [0, 0.05) is 36.1 Å². The third kappa shape index (κ3) is 6.42. The van der Waals surface area contributed by atoms with E-state index in [9.17, 15) is 23.1 Å². The van der Waals surface area contributed by atoms with E-state index >= 15 is 0 Å². The smallest absolute Gasteiger partial charge is 0.335 e. The van der Waals surface area contributed by atoms with E-state index in [0.717, 1.165) is 22.0 Å². The number of methoxy groups -OCH3 is 1. The molecule has 0 aliphatic heterocycles. The summed E-state index contributed by atoms with van der Waals surface area (Å²) >= 11 is 0. The molecular weight excluding hydrogens is 468 g/mol. The molecule has 0 fully saturated rings. The van der Waals surface area contributed by atoms with Crippen LogP contribution in [0.25, 0.3) is 10.9 Å². The van der Waals surface area contributed by atoms with E-state index in [1.54, 1.807) is 24.3 Å². The lowest BCUT2D eigenvalue weighted by atomic mass is 10.0. The summed E-state index contributed by atoms with van der Waals surface area (Å²) in [6, 6.07) is 19.8. The minimum Gasteiger partial charge on any atom is -0.496 e. The lowest BCUT2D eigenvalue weighted by Crippen LogP contribution is -1.99. The second kappa shape index (κ2) is 11.3. The molecule has 4 rings (SSSR count). The lowest BCUT2D eigenvalue weighted by Gasteiger charge is -2.09. The molecule has 8 nitrogen and oxygen atoms in total. The Kier molecular flexibility index (Phi) is 8.17. The highest BCUT2D eigenvalue weighted by Gasteiger charge is 2.15. The number of aryl methyl sites for hydroxylation is 2. The van der Waals surface area contributed by atoms with Crippen LogP contribution in [0.2, 0.25) is 0 Å². The van der Waals surface area contributed by atoms with Gasteiger partial charge in [-0.25, -0.2) is 4.79 Å². The van der Waals surface area contributed by atoms with Crippen LogP contribution >= 0.6 is 0 Å². The number of carboxylic acid groups (broad SMARTS) is 1. The summed E-state index contributed by atoms with van der Waals surface area (Å²) in [5.41, 5.74) is 4.15. The van der Waals surface area contributed by atoms with Crippen molar-refractivity contribution < 1.29 is 27.9 Å². The van der Waals surface area contributed by atoms with E-state index < -0.39 is 22.4 Å². The number of benzene rings is 3. The average Bonchev–Trinajstić information content (AvgIpc) is 3.14. The van der Waals surface area contributed by atoms with Crippen LogP contribution in [0.5, 0.6) is 5.75 Å². The Morgan fingerprint density at radius 3 is 2.23 bits per heavy atom. The molecule has 0 saturated carbocycles. The van der Waals surface area contributed by atoms with Crippen LogP contribution < -0.4 is 4.74 Å². The van der Waals surface area contributed by atoms with Crippen molar-refractivity contribution in [3.8, 4) is 5.75 Å². The van der Waals surface area contributed by atoms with Crippen molar-refractivity contribution in [2.45, 2.75) is 13.3 Å². The Balaban J connectivity index is 0.000000420. The Labute approximate surface area is 204 Å². The van der Waals surface area contributed by atoms with Crippen molar-refractivity contribution in [2.75, 3.05) is 7.11 Å². The van der Waals surface area contributed by atoms with Gasteiger partial charge in [-0.15, -0.1) is 0 Å². The lowest BCUT2D eigenvalue weighted by molar-refractivity contribution is 0.0696. The molecule has 0 atom stereocenters. The monoisotopic (exact) mass is 492 g/mol. The Hall–Kier alpha value is -4.24. The van der Waals surface area contributed by atoms with Gasteiger partial charge in [0.1, 0.15) is 5.75 Å². The van der Waals surface area contributed by atoms with E-state index in [2.05, 4.69) is 23.4 Å². The molecule has 9 heteroatoms. The predicted molar refractivity (Wildman–Crippen MR) is 133 cm³/mol. The number of rotatable bonds is 5. The molecule has 3 aromatic carbocycles. The number of aromatic carboxylic acids is 1. The second-order valence-corrected chi connectivity index (χ2v) is 8.39. The molecule has 0 bridgehead atoms. The molecule has 4 aromatic rings. The van der Waals surface area contributed by atoms with Crippen molar-refractivity contribution >= 4 is 33.3 Å². The van der Waals surface area contributed by atoms with Crippen LogP contribution in [0.4, 0.5) is 0 Å². The van der Waals surface area contributed by atoms with Crippen LogP contribution in [-0.4, -0.2) is 37.1 Å². The zero-order chi connectivity index (χ0) is 25.5. The third-order valence-electron chi connectivity index (χ3n) is 5.33. The van der Waals surface area contributed by atoms with Crippen molar-refractivity contribution in [2.24, 2.45) is 11.4 Å². The summed E-state index contributed by atoms with van der Waals surface area (Å²) in [6.07, 6.45) is 2.34. The number of nitrogens with zero attached hydrogens (tertiary/aromatic N) is 2. The van der Waals surface area contributed by atoms with Gasteiger partial charge in [0.15, 0.2) is 0 Å². The molecule has 0 saturated heterocycles. The first kappa shape index (κ1) is 25.4. The summed E-state index contributed by atoms with van der Waals surface area (Å²) in [4.78, 5) is 23.1. The van der Waals surface area contributed by atoms with Gasteiger partial charge in [-0.3, -0.25) is 4.79 Å². The van der Waals surface area contributed by atoms with Gasteiger partial charge in [-0.2, -0.15) is 8.42 Å². The van der Waals surface area contributed by atoms with Gasteiger partial charge in [0.05, 0.1) is 12.7 Å². The normalized spacial score (nSPS) is 10.3. The predicted octanol–water partition coefficient (Wildman–Crippen LogP) is 4.67. The zero-order valence-electron chi connectivity index (χ0n) is 19.4. The molecule has 1 heterocycles. The number of carboxylic acids is 1. The highest BCUT2D eigenvalue weighted by molar-refractivity contribution is 7.62. The molecule has 35 heavy (non-hydrogen) atoms. The van der Waals surface area contributed by atoms with Crippen molar-refractivity contribution in [3.63, 3.8) is 0 Å². The molecule has 0 unspecified atom stereocenters.